The summed E-state index contributed by atoms with van der Waals surface area (Å²) < 4.78 is 16.8. The Kier molecular flexibility index (Phi) is 55.4. The van der Waals surface area contributed by atoms with Crippen molar-refractivity contribution in [3.8, 4) is 0 Å². The molecule has 404 valence electrons. The Hall–Kier alpha value is -3.93. The Morgan fingerprint density at radius 3 is 0.887 bits per heavy atom. The number of allylic oxidation sites excluding steroid dienone is 18. The number of esters is 3. The maximum absolute atomic E-state index is 12.9. The highest BCUT2D eigenvalue weighted by Crippen LogP contribution is 2.15. The van der Waals surface area contributed by atoms with Gasteiger partial charge in [-0.1, -0.05) is 246 Å². The summed E-state index contributed by atoms with van der Waals surface area (Å²) in [4.78, 5) is 38.2. The summed E-state index contributed by atoms with van der Waals surface area (Å²) in [6.45, 7) is 6.45. The van der Waals surface area contributed by atoms with Gasteiger partial charge in [0.15, 0.2) is 6.10 Å². The number of unbranched alkanes of at least 4 members (excludes halogenated alkanes) is 23. The first-order chi connectivity index (χ1) is 35.0. The Labute approximate surface area is 438 Å². The van der Waals surface area contributed by atoms with E-state index in [9.17, 15) is 14.4 Å². The lowest BCUT2D eigenvalue weighted by atomic mass is 10.0. The van der Waals surface area contributed by atoms with Gasteiger partial charge in [0.1, 0.15) is 13.2 Å². The molecule has 1 atom stereocenters. The summed E-state index contributed by atoms with van der Waals surface area (Å²) in [7, 11) is 0. The van der Waals surface area contributed by atoms with Crippen LogP contribution in [0.4, 0.5) is 0 Å². The van der Waals surface area contributed by atoms with Crippen LogP contribution in [0, 0.1) is 0 Å². The quantitative estimate of drug-likeness (QED) is 0.0261. The molecule has 0 saturated carbocycles. The first-order valence-electron chi connectivity index (χ1n) is 29.4. The van der Waals surface area contributed by atoms with E-state index < -0.39 is 6.10 Å². The van der Waals surface area contributed by atoms with E-state index in [1.165, 1.54) is 103 Å². The summed E-state index contributed by atoms with van der Waals surface area (Å²) in [6.07, 6.45) is 79.3. The third kappa shape index (κ3) is 56.9. The summed E-state index contributed by atoms with van der Waals surface area (Å²) in [5.41, 5.74) is 0. The van der Waals surface area contributed by atoms with Crippen molar-refractivity contribution in [3.63, 3.8) is 0 Å². The van der Waals surface area contributed by atoms with Crippen molar-refractivity contribution in [2.45, 2.75) is 271 Å². The second kappa shape index (κ2) is 58.6. The highest BCUT2D eigenvalue weighted by atomic mass is 16.6. The Morgan fingerprint density at radius 2 is 0.549 bits per heavy atom. The number of hydrogen-bond acceptors (Lipinski definition) is 6. The molecule has 71 heavy (non-hydrogen) atoms. The van der Waals surface area contributed by atoms with Crippen LogP contribution in [0.15, 0.2) is 109 Å². The molecular weight excluding hydrogens is 877 g/mol. The first-order valence-corrected chi connectivity index (χ1v) is 29.4. The van der Waals surface area contributed by atoms with Gasteiger partial charge < -0.3 is 14.2 Å². The highest BCUT2D eigenvalue weighted by molar-refractivity contribution is 5.71. The molecule has 0 bridgehead atoms. The SMILES string of the molecule is CC/C=C\C/C=C\C/C=C\C/C=C\C/C=C\CCCCCC(=O)OC[C@H](COC(=O)CCCCCCCCCCCCCCCCC)OC(=O)CCCCC/C=C\C/C=C\C/C=C\C/C=C\CCCCC. The molecule has 0 aromatic heterocycles. The lowest BCUT2D eigenvalue weighted by Gasteiger charge is -2.18. The van der Waals surface area contributed by atoms with Crippen molar-refractivity contribution in [3.05, 3.63) is 109 Å². The normalized spacial score (nSPS) is 12.9. The van der Waals surface area contributed by atoms with E-state index in [1.54, 1.807) is 0 Å². The minimum absolute atomic E-state index is 0.101. The van der Waals surface area contributed by atoms with Crippen LogP contribution >= 0.6 is 0 Å². The van der Waals surface area contributed by atoms with Gasteiger partial charge in [-0.3, -0.25) is 14.4 Å². The van der Waals surface area contributed by atoms with Crippen molar-refractivity contribution < 1.29 is 28.6 Å². The zero-order valence-electron chi connectivity index (χ0n) is 46.2. The van der Waals surface area contributed by atoms with Crippen LogP contribution in [0.3, 0.4) is 0 Å². The predicted molar refractivity (Wildman–Crippen MR) is 307 cm³/mol. The van der Waals surface area contributed by atoms with E-state index >= 15 is 0 Å². The van der Waals surface area contributed by atoms with E-state index in [2.05, 4.69) is 130 Å². The van der Waals surface area contributed by atoms with Crippen LogP contribution in [-0.2, 0) is 28.6 Å². The standard InChI is InChI=1S/C65H108O6/c1-4-7-10-13-16-19-22-25-28-30-32-34-37-40-43-46-49-52-55-58-64(67)70-61-62(60-69-63(66)57-54-51-48-45-42-39-36-27-24-21-18-15-12-9-6-3)71-65(68)59-56-53-50-47-44-41-38-35-33-31-29-26-23-20-17-14-11-8-5-2/h7,10,16-17,19-20,25-26,28-29,32-35,40-41,43-44,62H,4-6,8-9,11-15,18,21-24,27,30-31,36-39,42,45-61H2,1-3H3/b10-7-,19-16-,20-17-,28-25-,29-26-,34-32-,35-33-,43-40-,44-41-/t62-/m0/s1. The van der Waals surface area contributed by atoms with Gasteiger partial charge in [-0.2, -0.15) is 0 Å². The Morgan fingerprint density at radius 1 is 0.296 bits per heavy atom. The van der Waals surface area contributed by atoms with Crippen LogP contribution in [0.5, 0.6) is 0 Å². The summed E-state index contributed by atoms with van der Waals surface area (Å²) >= 11 is 0. The van der Waals surface area contributed by atoms with Crippen molar-refractivity contribution >= 4 is 17.9 Å². The average molecular weight is 986 g/mol. The highest BCUT2D eigenvalue weighted by Gasteiger charge is 2.19. The molecule has 0 heterocycles. The lowest BCUT2D eigenvalue weighted by Crippen LogP contribution is -2.30. The van der Waals surface area contributed by atoms with Crippen molar-refractivity contribution in [1.29, 1.82) is 0 Å². The van der Waals surface area contributed by atoms with E-state index in [0.717, 1.165) is 122 Å². The molecule has 6 nitrogen and oxygen atoms in total. The molecule has 0 aliphatic heterocycles. The molecule has 0 rings (SSSR count). The topological polar surface area (TPSA) is 78.9 Å². The van der Waals surface area contributed by atoms with E-state index in [0.29, 0.717) is 12.8 Å². The molecule has 0 aromatic rings. The Balaban J connectivity index is 4.52. The minimum Gasteiger partial charge on any atom is -0.462 e. The smallest absolute Gasteiger partial charge is 0.306 e. The van der Waals surface area contributed by atoms with Crippen LogP contribution in [-0.4, -0.2) is 37.2 Å². The van der Waals surface area contributed by atoms with Crippen molar-refractivity contribution in [1.82, 2.24) is 0 Å². The number of carbonyl (C=O) groups excluding carboxylic acids is 3. The van der Waals surface area contributed by atoms with E-state index in [-0.39, 0.29) is 37.5 Å². The monoisotopic (exact) mass is 985 g/mol. The third-order valence-electron chi connectivity index (χ3n) is 12.3. The fourth-order valence-corrected chi connectivity index (χ4v) is 7.86. The predicted octanol–water partition coefficient (Wildman–Crippen LogP) is 19.9. The van der Waals surface area contributed by atoms with E-state index in [1.807, 2.05) is 0 Å². The number of rotatable bonds is 52. The van der Waals surface area contributed by atoms with Crippen molar-refractivity contribution in [2.75, 3.05) is 13.2 Å². The number of carbonyl (C=O) groups is 3. The van der Waals surface area contributed by atoms with Gasteiger partial charge >= 0.3 is 17.9 Å². The van der Waals surface area contributed by atoms with E-state index in [4.69, 9.17) is 14.2 Å². The third-order valence-corrected chi connectivity index (χ3v) is 12.3. The zero-order valence-corrected chi connectivity index (χ0v) is 46.2. The number of ether oxygens (including phenoxy) is 3. The molecule has 0 aliphatic carbocycles. The zero-order chi connectivity index (χ0) is 51.4. The molecule has 0 amide bonds. The fourth-order valence-electron chi connectivity index (χ4n) is 7.86. The molecule has 0 aromatic carbocycles. The molecule has 6 heteroatoms. The van der Waals surface area contributed by atoms with Gasteiger partial charge in [-0.05, 0) is 109 Å². The van der Waals surface area contributed by atoms with Gasteiger partial charge in [0.25, 0.3) is 0 Å². The van der Waals surface area contributed by atoms with Crippen LogP contribution in [0.25, 0.3) is 0 Å². The van der Waals surface area contributed by atoms with Gasteiger partial charge in [-0.25, -0.2) is 0 Å². The lowest BCUT2D eigenvalue weighted by molar-refractivity contribution is -0.167. The van der Waals surface area contributed by atoms with Crippen LogP contribution in [0.2, 0.25) is 0 Å². The molecule has 0 fully saturated rings. The van der Waals surface area contributed by atoms with Gasteiger partial charge in [0.05, 0.1) is 0 Å². The molecule has 0 aliphatic rings. The summed E-state index contributed by atoms with van der Waals surface area (Å²) in [5.74, 6) is -0.962. The minimum atomic E-state index is -0.810. The van der Waals surface area contributed by atoms with Crippen LogP contribution < -0.4 is 0 Å². The summed E-state index contributed by atoms with van der Waals surface area (Å²) in [6, 6.07) is 0. The second-order valence-electron chi connectivity index (χ2n) is 19.2. The molecular formula is C65H108O6. The number of hydrogen-bond donors (Lipinski definition) is 0. The molecule has 0 saturated heterocycles. The molecule has 0 N–H and O–H groups in total. The van der Waals surface area contributed by atoms with Crippen LogP contribution in [0.1, 0.15) is 265 Å². The average Bonchev–Trinajstić information content (AvgIpc) is 3.37. The van der Waals surface area contributed by atoms with Gasteiger partial charge in [-0.15, -0.1) is 0 Å². The fraction of sp³-hybridized carbons (Fsp3) is 0.677. The van der Waals surface area contributed by atoms with Gasteiger partial charge in [0, 0.05) is 19.3 Å². The second-order valence-corrected chi connectivity index (χ2v) is 19.2. The molecule has 0 radical (unpaired) electrons. The maximum atomic E-state index is 12.9. The molecule has 0 spiro atoms. The van der Waals surface area contributed by atoms with Gasteiger partial charge in [0.2, 0.25) is 0 Å². The largest absolute Gasteiger partial charge is 0.462 e. The summed E-state index contributed by atoms with van der Waals surface area (Å²) in [5, 5.41) is 0. The molecule has 0 unspecified atom stereocenters. The maximum Gasteiger partial charge on any atom is 0.306 e. The first kappa shape index (κ1) is 67.1. The van der Waals surface area contributed by atoms with Crippen molar-refractivity contribution in [2.24, 2.45) is 0 Å². The Bertz CT molecular complexity index is 1460.